The van der Waals surface area contributed by atoms with E-state index in [4.69, 9.17) is 20.4 Å². The van der Waals surface area contributed by atoms with Gasteiger partial charge in [0.05, 0.1) is 0 Å². The molecule has 0 aliphatic heterocycles. The summed E-state index contributed by atoms with van der Waals surface area (Å²) < 4.78 is 16.9. The average molecular weight is 449 g/mol. The van der Waals surface area contributed by atoms with Crippen molar-refractivity contribution >= 4 is 10.0 Å². The van der Waals surface area contributed by atoms with Gasteiger partial charge in [0.25, 0.3) is 0 Å². The topological polar surface area (TPSA) is 90.2 Å². The first kappa shape index (κ1) is 24.7. The van der Waals surface area contributed by atoms with Crippen LogP contribution in [0.25, 0.3) is 0 Å². The molecular weight excluding hydrogens is 419 g/mol. The zero-order chi connectivity index (χ0) is 23.3. The van der Waals surface area contributed by atoms with Crippen LogP contribution in [-0.2, 0) is 0 Å². The van der Waals surface area contributed by atoms with Crippen molar-refractivity contribution in [1.29, 1.82) is 0 Å². The summed E-state index contributed by atoms with van der Waals surface area (Å²) in [7, 11) is -1.01. The number of aliphatic hydroxyl groups is 3. The van der Waals surface area contributed by atoms with E-state index < -0.39 is 27.8 Å². The highest BCUT2D eigenvalue weighted by molar-refractivity contribution is 8.34. The fourth-order valence-corrected chi connectivity index (χ4v) is 6.03. The van der Waals surface area contributed by atoms with Gasteiger partial charge in [0.15, 0.2) is 11.6 Å². The second-order valence-corrected chi connectivity index (χ2v) is 12.0. The van der Waals surface area contributed by atoms with Crippen molar-refractivity contribution in [3.8, 4) is 11.5 Å². The molecule has 0 amide bonds. The maximum Gasteiger partial charge on any atom is 0.453 e. The van der Waals surface area contributed by atoms with Crippen LogP contribution in [0.1, 0.15) is 20.8 Å². The Morgan fingerprint density at radius 2 is 1.23 bits per heavy atom. The maximum absolute atomic E-state index is 12.6. The molecule has 31 heavy (non-hydrogen) atoms. The Balaban J connectivity index is 0.000000233. The maximum atomic E-state index is 12.6. The van der Waals surface area contributed by atoms with Gasteiger partial charge in [-0.15, -0.1) is 0 Å². The molecule has 0 spiro atoms. The van der Waals surface area contributed by atoms with Crippen LogP contribution in [-0.4, -0.2) is 37.6 Å². The number of hydrogen-bond acceptors (Lipinski definition) is 5. The summed E-state index contributed by atoms with van der Waals surface area (Å²) in [5, 5.41) is 33.7. The third-order valence-electron chi connectivity index (χ3n) is 4.83. The number of aromatic hydroxyl groups is 1. The van der Waals surface area contributed by atoms with Gasteiger partial charge in [-0.3, -0.25) is 0 Å². The lowest BCUT2D eigenvalue weighted by molar-refractivity contribution is -0.419. The molecule has 0 saturated carbocycles. The summed E-state index contributed by atoms with van der Waals surface area (Å²) in [5.41, 5.74) is 0. The fraction of sp³-hybridized carbons (Fsp3) is 0.250. The molecule has 0 radical (unpaired) electrons. The minimum atomic E-state index is -3.36. The molecule has 5 nitrogen and oxygen atoms in total. The molecule has 0 aromatic heterocycles. The van der Waals surface area contributed by atoms with Crippen molar-refractivity contribution in [2.75, 3.05) is 6.26 Å². The van der Waals surface area contributed by atoms with Crippen LogP contribution in [0, 0.1) is 5.82 Å². The molecule has 0 fully saturated rings. The standard InChI is InChI=1S/C17H22S.C7H7FO5/c1-17(2,3)18(4,15-11-7-5-8-12-15)16-13-9-6-10-14-16;8-5-3-4(1-2-6(5)9)13-7(10,11)12/h5-14H,1-4H3;1-3,9-12H. The van der Waals surface area contributed by atoms with E-state index in [9.17, 15) is 4.39 Å². The monoisotopic (exact) mass is 448 g/mol. The van der Waals surface area contributed by atoms with Gasteiger partial charge in [0, 0.05) is 6.07 Å². The predicted molar refractivity (Wildman–Crippen MR) is 121 cm³/mol. The van der Waals surface area contributed by atoms with E-state index in [1.807, 2.05) is 0 Å². The lowest BCUT2D eigenvalue weighted by atomic mass is 10.3. The minimum absolute atomic E-state index is 0.246. The van der Waals surface area contributed by atoms with Crippen molar-refractivity contribution in [3.63, 3.8) is 0 Å². The van der Waals surface area contributed by atoms with E-state index >= 15 is 0 Å². The Labute approximate surface area is 183 Å². The van der Waals surface area contributed by atoms with Crippen LogP contribution in [0.15, 0.2) is 88.7 Å². The van der Waals surface area contributed by atoms with Gasteiger partial charge < -0.3 is 25.2 Å². The van der Waals surface area contributed by atoms with E-state index in [0.29, 0.717) is 6.07 Å². The van der Waals surface area contributed by atoms with Crippen LogP contribution < -0.4 is 4.74 Å². The zero-order valence-corrected chi connectivity index (χ0v) is 18.8. The van der Waals surface area contributed by atoms with Crippen molar-refractivity contribution in [3.05, 3.63) is 84.7 Å². The van der Waals surface area contributed by atoms with Gasteiger partial charge in [-0.05, 0) is 57.2 Å². The van der Waals surface area contributed by atoms with Crippen LogP contribution in [0.3, 0.4) is 0 Å². The number of rotatable bonds is 4. The van der Waals surface area contributed by atoms with Crippen molar-refractivity contribution in [1.82, 2.24) is 0 Å². The number of ether oxygens (including phenoxy) is 1. The highest BCUT2D eigenvalue weighted by atomic mass is 32.3. The summed E-state index contributed by atoms with van der Waals surface area (Å²) in [6.45, 7) is 7.05. The number of benzene rings is 3. The molecule has 0 aliphatic carbocycles. The molecule has 0 saturated heterocycles. The second kappa shape index (κ2) is 9.70. The van der Waals surface area contributed by atoms with Crippen LogP contribution >= 0.6 is 10.0 Å². The van der Waals surface area contributed by atoms with E-state index in [0.717, 1.165) is 12.1 Å². The molecule has 0 unspecified atom stereocenters. The Morgan fingerprint density at radius 3 is 1.58 bits per heavy atom. The van der Waals surface area contributed by atoms with Gasteiger partial charge in [-0.25, -0.2) is 4.39 Å². The molecule has 0 heterocycles. The molecule has 7 heteroatoms. The molecule has 4 N–H and O–H groups in total. The number of halogens is 1. The Hall–Kier alpha value is -2.58. The first-order valence-corrected chi connectivity index (χ1v) is 11.6. The zero-order valence-electron chi connectivity index (χ0n) is 18.0. The van der Waals surface area contributed by atoms with Gasteiger partial charge in [-0.1, -0.05) is 57.2 Å². The SMILES string of the molecule is CC(C)(C)S(C)(c1ccccc1)c1ccccc1.Oc1ccc(OC(O)(O)O)cc1F. The quantitative estimate of drug-likeness (QED) is 0.429. The van der Waals surface area contributed by atoms with E-state index in [2.05, 4.69) is 92.4 Å². The normalized spacial score (nSPS) is 12.5. The summed E-state index contributed by atoms with van der Waals surface area (Å²) in [5.74, 6) is -1.93. The molecule has 3 rings (SSSR count). The smallest absolute Gasteiger partial charge is 0.453 e. The molecule has 3 aromatic rings. The molecule has 0 aliphatic rings. The second-order valence-electron chi connectivity index (χ2n) is 7.95. The molecule has 0 atom stereocenters. The van der Waals surface area contributed by atoms with Crippen molar-refractivity contribution in [2.24, 2.45) is 0 Å². The van der Waals surface area contributed by atoms with Gasteiger partial charge in [-0.2, -0.15) is 10.0 Å². The largest absolute Gasteiger partial charge is 0.505 e. The van der Waals surface area contributed by atoms with Gasteiger partial charge >= 0.3 is 6.16 Å². The summed E-state index contributed by atoms with van der Waals surface area (Å²) in [6.07, 6.45) is -0.929. The van der Waals surface area contributed by atoms with E-state index in [1.54, 1.807) is 0 Å². The van der Waals surface area contributed by atoms with Crippen LogP contribution in [0.5, 0.6) is 11.5 Å². The Morgan fingerprint density at radius 1 is 0.774 bits per heavy atom. The lowest BCUT2D eigenvalue weighted by Gasteiger charge is -2.48. The molecule has 168 valence electrons. The van der Waals surface area contributed by atoms with E-state index in [1.165, 1.54) is 9.79 Å². The molecule has 0 bridgehead atoms. The van der Waals surface area contributed by atoms with Gasteiger partial charge in [0.1, 0.15) is 5.75 Å². The lowest BCUT2D eigenvalue weighted by Crippen LogP contribution is -2.34. The van der Waals surface area contributed by atoms with E-state index in [-0.39, 0.29) is 10.5 Å². The predicted octanol–water partition coefficient (Wildman–Crippen LogP) is 4.84. The molecule has 3 aromatic carbocycles. The Bertz CT molecular complexity index is 927. The first-order chi connectivity index (χ1) is 14.3. The van der Waals surface area contributed by atoms with Crippen molar-refractivity contribution in [2.45, 2.75) is 41.5 Å². The Kier molecular flexibility index (Phi) is 7.72. The summed E-state index contributed by atoms with van der Waals surface area (Å²) in [6, 6.07) is 24.5. The molecular formula is C24H29FO5S. The average Bonchev–Trinajstić information content (AvgIpc) is 2.70. The summed E-state index contributed by atoms with van der Waals surface area (Å²) in [4.78, 5) is 2.92. The minimum Gasteiger partial charge on any atom is -0.505 e. The van der Waals surface area contributed by atoms with Crippen LogP contribution in [0.2, 0.25) is 0 Å². The number of phenolic OH excluding ortho intramolecular Hbond substituents is 1. The highest BCUT2D eigenvalue weighted by Gasteiger charge is 2.35. The number of phenols is 1. The third kappa shape index (κ3) is 6.45. The highest BCUT2D eigenvalue weighted by Crippen LogP contribution is 2.67. The first-order valence-electron chi connectivity index (χ1n) is 9.57. The van der Waals surface area contributed by atoms with Gasteiger partial charge in [0.2, 0.25) is 0 Å². The third-order valence-corrected chi connectivity index (χ3v) is 9.71. The van der Waals surface area contributed by atoms with Crippen molar-refractivity contribution < 1.29 is 29.6 Å². The fourth-order valence-electron chi connectivity index (χ4n) is 2.94. The number of hydrogen-bond donors (Lipinski definition) is 4. The van der Waals surface area contributed by atoms with Crippen LogP contribution in [0.4, 0.5) is 4.39 Å². The summed E-state index contributed by atoms with van der Waals surface area (Å²) >= 11 is 0.